The second kappa shape index (κ2) is 9.11. The van der Waals surface area contributed by atoms with E-state index in [9.17, 15) is 13.2 Å². The summed E-state index contributed by atoms with van der Waals surface area (Å²) in [5, 5.41) is 8.44. The first-order chi connectivity index (χ1) is 15.3. The van der Waals surface area contributed by atoms with Gasteiger partial charge in [-0.3, -0.25) is 4.79 Å². The molecular weight excluding hydrogens is 450 g/mol. The lowest BCUT2D eigenvalue weighted by Gasteiger charge is -2.16. The summed E-state index contributed by atoms with van der Waals surface area (Å²) >= 11 is 1.20. The number of Topliss-reactive ketones (excluding diaryl/α,β-unsaturated/α-hetero) is 1. The normalized spacial score (nSPS) is 17.5. The fourth-order valence-corrected chi connectivity index (χ4v) is 6.45. The summed E-state index contributed by atoms with van der Waals surface area (Å²) < 4.78 is 36.6. The zero-order valence-electron chi connectivity index (χ0n) is 18.2. The predicted octanol–water partition coefficient (Wildman–Crippen LogP) is 3.42. The molecule has 1 aliphatic rings. The van der Waals surface area contributed by atoms with E-state index >= 15 is 0 Å². The third kappa shape index (κ3) is 4.91. The number of hydrogen-bond acceptors (Lipinski definition) is 8. The minimum absolute atomic E-state index is 0.0508. The standard InChI is InChI=1S/C22H25N3O5S2/c1-14-10-19(15(2)25(14)17-8-9-32(27,28)13-17)20(26)12-31-22-24-23-21(30-22)11-16-4-6-18(29-3)7-5-16/h4-7,10,17H,8-9,11-13H2,1-3H3. The van der Waals surface area contributed by atoms with E-state index in [1.807, 2.05) is 48.7 Å². The molecule has 32 heavy (non-hydrogen) atoms. The summed E-state index contributed by atoms with van der Waals surface area (Å²) in [6.45, 7) is 3.78. The van der Waals surface area contributed by atoms with Crippen LogP contribution in [-0.2, 0) is 16.3 Å². The Morgan fingerprint density at radius 3 is 2.66 bits per heavy atom. The second-order valence-electron chi connectivity index (χ2n) is 7.91. The molecule has 4 rings (SSSR count). The van der Waals surface area contributed by atoms with Gasteiger partial charge in [0, 0.05) is 23.0 Å². The smallest absolute Gasteiger partial charge is 0.277 e. The van der Waals surface area contributed by atoms with Crippen LogP contribution in [0.4, 0.5) is 0 Å². The largest absolute Gasteiger partial charge is 0.497 e. The van der Waals surface area contributed by atoms with Gasteiger partial charge < -0.3 is 13.7 Å². The zero-order chi connectivity index (χ0) is 22.9. The molecule has 0 amide bonds. The number of hydrogen-bond donors (Lipinski definition) is 0. The van der Waals surface area contributed by atoms with Crippen LogP contribution in [-0.4, -0.2) is 53.3 Å². The van der Waals surface area contributed by atoms with E-state index in [-0.39, 0.29) is 29.1 Å². The van der Waals surface area contributed by atoms with Crippen LogP contribution in [0.15, 0.2) is 40.0 Å². The summed E-state index contributed by atoms with van der Waals surface area (Å²) in [4.78, 5) is 12.9. The Kier molecular flexibility index (Phi) is 6.43. The Morgan fingerprint density at radius 2 is 2.00 bits per heavy atom. The van der Waals surface area contributed by atoms with Crippen molar-refractivity contribution in [2.24, 2.45) is 0 Å². The summed E-state index contributed by atoms with van der Waals surface area (Å²) in [6.07, 6.45) is 1.08. The number of rotatable bonds is 8. The van der Waals surface area contributed by atoms with Crippen molar-refractivity contribution in [3.8, 4) is 5.75 Å². The van der Waals surface area contributed by atoms with Gasteiger partial charge in [-0.2, -0.15) is 0 Å². The SMILES string of the molecule is COc1ccc(Cc2nnc(SCC(=O)c3cc(C)n(C4CCS(=O)(=O)C4)c3C)o2)cc1. The molecule has 10 heteroatoms. The first-order valence-corrected chi connectivity index (χ1v) is 13.1. The van der Waals surface area contributed by atoms with Gasteiger partial charge >= 0.3 is 0 Å². The zero-order valence-corrected chi connectivity index (χ0v) is 19.8. The number of sulfone groups is 1. The van der Waals surface area contributed by atoms with Crippen molar-refractivity contribution in [3.63, 3.8) is 0 Å². The number of ether oxygens (including phenoxy) is 1. The number of nitrogens with zero attached hydrogens (tertiary/aromatic N) is 3. The topological polar surface area (TPSA) is 104 Å². The van der Waals surface area contributed by atoms with Gasteiger partial charge in [0.25, 0.3) is 5.22 Å². The molecule has 0 spiro atoms. The van der Waals surface area contributed by atoms with E-state index in [0.717, 1.165) is 22.7 Å². The lowest BCUT2D eigenvalue weighted by molar-refractivity contribution is 0.102. The van der Waals surface area contributed by atoms with E-state index in [4.69, 9.17) is 9.15 Å². The van der Waals surface area contributed by atoms with Crippen molar-refractivity contribution in [1.29, 1.82) is 0 Å². The van der Waals surface area contributed by atoms with E-state index in [1.165, 1.54) is 11.8 Å². The Labute approximate surface area is 191 Å². The maximum atomic E-state index is 12.9. The van der Waals surface area contributed by atoms with Crippen molar-refractivity contribution in [3.05, 3.63) is 58.7 Å². The van der Waals surface area contributed by atoms with Crippen LogP contribution in [0.5, 0.6) is 5.75 Å². The maximum absolute atomic E-state index is 12.9. The second-order valence-corrected chi connectivity index (χ2v) is 11.1. The molecule has 0 aliphatic carbocycles. The Balaban J connectivity index is 1.38. The average Bonchev–Trinajstić information content (AvgIpc) is 3.44. The molecule has 0 bridgehead atoms. The molecule has 2 aromatic heterocycles. The fraction of sp³-hybridized carbons (Fsp3) is 0.409. The fourth-order valence-electron chi connectivity index (χ4n) is 4.09. The molecule has 3 heterocycles. The maximum Gasteiger partial charge on any atom is 0.277 e. The highest BCUT2D eigenvalue weighted by Gasteiger charge is 2.31. The van der Waals surface area contributed by atoms with Crippen molar-refractivity contribution in [2.45, 2.75) is 38.0 Å². The molecule has 1 aromatic carbocycles. The molecular formula is C22H25N3O5S2. The van der Waals surface area contributed by atoms with Crippen LogP contribution in [0.2, 0.25) is 0 Å². The van der Waals surface area contributed by atoms with Gasteiger partial charge in [0.05, 0.1) is 30.8 Å². The Hall–Kier alpha value is -2.59. The minimum atomic E-state index is -3.00. The summed E-state index contributed by atoms with van der Waals surface area (Å²) in [6, 6.07) is 9.35. The average molecular weight is 476 g/mol. The van der Waals surface area contributed by atoms with Gasteiger partial charge in [-0.15, -0.1) is 10.2 Å². The van der Waals surface area contributed by atoms with Crippen LogP contribution >= 0.6 is 11.8 Å². The lowest BCUT2D eigenvalue weighted by atomic mass is 10.1. The number of aromatic nitrogens is 3. The Bertz CT molecular complexity index is 1230. The molecule has 1 unspecified atom stereocenters. The quantitative estimate of drug-likeness (QED) is 0.361. The van der Waals surface area contributed by atoms with Crippen molar-refractivity contribution in [1.82, 2.24) is 14.8 Å². The van der Waals surface area contributed by atoms with E-state index in [2.05, 4.69) is 10.2 Å². The van der Waals surface area contributed by atoms with Crippen LogP contribution < -0.4 is 4.74 Å². The summed E-state index contributed by atoms with van der Waals surface area (Å²) in [5.74, 6) is 1.70. The van der Waals surface area contributed by atoms with Gasteiger partial charge in [0.15, 0.2) is 15.6 Å². The van der Waals surface area contributed by atoms with Gasteiger partial charge in [-0.1, -0.05) is 23.9 Å². The summed E-state index contributed by atoms with van der Waals surface area (Å²) in [5.41, 5.74) is 3.33. The molecule has 8 nitrogen and oxygen atoms in total. The first kappa shape index (κ1) is 22.6. The number of benzene rings is 1. The molecule has 1 fully saturated rings. The number of methoxy groups -OCH3 is 1. The van der Waals surface area contributed by atoms with E-state index < -0.39 is 9.84 Å². The Morgan fingerprint density at radius 1 is 1.25 bits per heavy atom. The lowest BCUT2D eigenvalue weighted by Crippen LogP contribution is -2.14. The molecule has 1 saturated heterocycles. The molecule has 0 radical (unpaired) electrons. The number of ketones is 1. The number of carbonyl (C=O) groups is 1. The predicted molar refractivity (Wildman–Crippen MR) is 121 cm³/mol. The first-order valence-electron chi connectivity index (χ1n) is 10.3. The molecule has 1 atom stereocenters. The van der Waals surface area contributed by atoms with Gasteiger partial charge in [0.2, 0.25) is 5.89 Å². The monoisotopic (exact) mass is 475 g/mol. The van der Waals surface area contributed by atoms with Crippen LogP contribution in [0.3, 0.4) is 0 Å². The third-order valence-corrected chi connectivity index (χ3v) is 8.22. The highest BCUT2D eigenvalue weighted by atomic mass is 32.2. The highest BCUT2D eigenvalue weighted by molar-refractivity contribution is 7.99. The molecule has 170 valence electrons. The third-order valence-electron chi connectivity index (χ3n) is 5.65. The van der Waals surface area contributed by atoms with Crippen molar-refractivity contribution >= 4 is 27.4 Å². The number of aryl methyl sites for hydroxylation is 1. The van der Waals surface area contributed by atoms with Gasteiger partial charge in [-0.25, -0.2) is 8.42 Å². The van der Waals surface area contributed by atoms with Crippen LogP contribution in [0.1, 0.15) is 45.7 Å². The van der Waals surface area contributed by atoms with Crippen LogP contribution in [0.25, 0.3) is 0 Å². The molecule has 0 N–H and O–H groups in total. The minimum Gasteiger partial charge on any atom is -0.497 e. The van der Waals surface area contributed by atoms with E-state index in [1.54, 1.807) is 7.11 Å². The van der Waals surface area contributed by atoms with Gasteiger partial charge in [-0.05, 0) is 44.0 Å². The molecule has 0 saturated carbocycles. The van der Waals surface area contributed by atoms with Gasteiger partial charge in [0.1, 0.15) is 5.75 Å². The van der Waals surface area contributed by atoms with Crippen molar-refractivity contribution < 1.29 is 22.4 Å². The number of thioether (sulfide) groups is 1. The van der Waals surface area contributed by atoms with Crippen LogP contribution in [0, 0.1) is 13.8 Å². The molecule has 1 aliphatic heterocycles. The van der Waals surface area contributed by atoms with Crippen molar-refractivity contribution in [2.75, 3.05) is 24.4 Å². The highest BCUT2D eigenvalue weighted by Crippen LogP contribution is 2.30. The summed E-state index contributed by atoms with van der Waals surface area (Å²) in [7, 11) is -1.38. The number of carbonyl (C=O) groups excluding carboxylic acids is 1. The molecule has 3 aromatic rings. The van der Waals surface area contributed by atoms with E-state index in [0.29, 0.717) is 29.5 Å².